The molecule has 0 saturated heterocycles. The van der Waals surface area contributed by atoms with Crippen LogP contribution in [0.3, 0.4) is 0 Å². The Balaban J connectivity index is 1.84. The number of nitro benzene ring substituents is 1. The molecule has 0 bridgehead atoms. The summed E-state index contributed by atoms with van der Waals surface area (Å²) in [5.74, 6) is 0.708. The molecule has 0 spiro atoms. The highest BCUT2D eigenvalue weighted by Crippen LogP contribution is 2.29. The first-order valence-corrected chi connectivity index (χ1v) is 8.33. The van der Waals surface area contributed by atoms with E-state index in [1.807, 2.05) is 58.3 Å². The van der Waals surface area contributed by atoms with Crippen LogP contribution in [0.2, 0.25) is 0 Å². The zero-order valence-electron chi connectivity index (χ0n) is 15.3. The maximum absolute atomic E-state index is 11.2. The van der Waals surface area contributed by atoms with Gasteiger partial charge in [-0.15, -0.1) is 0 Å². The van der Waals surface area contributed by atoms with Crippen LogP contribution < -0.4 is 4.74 Å². The minimum absolute atomic E-state index is 0.0865. The fourth-order valence-corrected chi connectivity index (χ4v) is 3.05. The van der Waals surface area contributed by atoms with Crippen LogP contribution in [0.25, 0.3) is 11.3 Å². The van der Waals surface area contributed by atoms with Gasteiger partial charge in [-0.05, 0) is 55.7 Å². The van der Waals surface area contributed by atoms with Crippen LogP contribution in [-0.4, -0.2) is 14.7 Å². The summed E-state index contributed by atoms with van der Waals surface area (Å²) in [5, 5.41) is 15.7. The smallest absolute Gasteiger partial charge is 0.276 e. The Kier molecular flexibility index (Phi) is 4.75. The van der Waals surface area contributed by atoms with Gasteiger partial charge < -0.3 is 4.74 Å². The molecule has 134 valence electrons. The predicted molar refractivity (Wildman–Crippen MR) is 100 cm³/mol. The molecule has 1 aromatic heterocycles. The second-order valence-electron chi connectivity index (χ2n) is 6.43. The van der Waals surface area contributed by atoms with Crippen molar-refractivity contribution in [2.75, 3.05) is 0 Å². The molecule has 6 heteroatoms. The Bertz CT molecular complexity index is 976. The lowest BCUT2D eigenvalue weighted by molar-refractivity contribution is -0.385. The number of rotatable bonds is 5. The molecule has 3 aromatic rings. The normalized spacial score (nSPS) is 10.8. The van der Waals surface area contributed by atoms with Gasteiger partial charge in [0, 0.05) is 24.9 Å². The largest absolute Gasteiger partial charge is 0.488 e. The second kappa shape index (κ2) is 7.00. The number of benzene rings is 2. The quantitative estimate of drug-likeness (QED) is 0.501. The summed E-state index contributed by atoms with van der Waals surface area (Å²) in [6, 6.07) is 10.9. The number of hydrogen-bond acceptors (Lipinski definition) is 4. The Morgan fingerprint density at radius 2 is 1.88 bits per heavy atom. The molecule has 0 amide bonds. The summed E-state index contributed by atoms with van der Waals surface area (Å²) >= 11 is 0. The highest BCUT2D eigenvalue weighted by molar-refractivity contribution is 5.64. The molecule has 0 atom stereocenters. The SMILES string of the molecule is Cc1cc(-c2nn(C)cc2C)ccc1OCc1c(C)cccc1[N+](=O)[O-]. The summed E-state index contributed by atoms with van der Waals surface area (Å²) in [6.45, 7) is 6.00. The van der Waals surface area contributed by atoms with E-state index >= 15 is 0 Å². The molecule has 0 aliphatic heterocycles. The molecule has 0 aliphatic rings. The Labute approximate surface area is 152 Å². The first-order valence-electron chi connectivity index (χ1n) is 8.33. The zero-order valence-corrected chi connectivity index (χ0v) is 15.3. The molecule has 2 aromatic carbocycles. The molecule has 0 unspecified atom stereocenters. The minimum atomic E-state index is -0.370. The van der Waals surface area contributed by atoms with Gasteiger partial charge in [-0.2, -0.15) is 5.10 Å². The summed E-state index contributed by atoms with van der Waals surface area (Å²) < 4.78 is 7.68. The van der Waals surface area contributed by atoms with Crippen LogP contribution in [0.5, 0.6) is 5.75 Å². The average molecular weight is 351 g/mol. The van der Waals surface area contributed by atoms with E-state index in [4.69, 9.17) is 4.74 Å². The third-order valence-corrected chi connectivity index (χ3v) is 4.41. The minimum Gasteiger partial charge on any atom is -0.488 e. The lowest BCUT2D eigenvalue weighted by Gasteiger charge is -2.12. The standard InChI is InChI=1S/C20H21N3O3/c1-13-6-5-7-18(23(24)25)17(13)12-26-19-9-8-16(10-14(19)2)20-15(3)11-22(4)21-20/h5-11H,12H2,1-4H3. The van der Waals surface area contributed by atoms with Crippen LogP contribution in [0.4, 0.5) is 5.69 Å². The molecule has 0 aliphatic carbocycles. The fraction of sp³-hybridized carbons (Fsp3) is 0.250. The van der Waals surface area contributed by atoms with Gasteiger partial charge >= 0.3 is 0 Å². The molecule has 0 radical (unpaired) electrons. The third kappa shape index (κ3) is 3.44. The highest BCUT2D eigenvalue weighted by Gasteiger charge is 2.16. The van der Waals surface area contributed by atoms with Crippen LogP contribution in [0.1, 0.15) is 22.3 Å². The number of nitro groups is 1. The second-order valence-corrected chi connectivity index (χ2v) is 6.43. The van der Waals surface area contributed by atoms with Crippen molar-refractivity contribution < 1.29 is 9.66 Å². The monoisotopic (exact) mass is 351 g/mol. The van der Waals surface area contributed by atoms with Crippen molar-refractivity contribution in [3.8, 4) is 17.0 Å². The number of aromatic nitrogens is 2. The van der Waals surface area contributed by atoms with Gasteiger partial charge in [0.2, 0.25) is 0 Å². The van der Waals surface area contributed by atoms with Gasteiger partial charge in [-0.1, -0.05) is 12.1 Å². The highest BCUT2D eigenvalue weighted by atomic mass is 16.6. The molecular formula is C20H21N3O3. The van der Waals surface area contributed by atoms with Gasteiger partial charge in [0.05, 0.1) is 16.2 Å². The van der Waals surface area contributed by atoms with E-state index in [0.717, 1.165) is 27.9 Å². The Morgan fingerprint density at radius 3 is 2.50 bits per heavy atom. The van der Waals surface area contributed by atoms with Gasteiger partial charge in [0.15, 0.2) is 0 Å². The number of ether oxygens (including phenoxy) is 1. The van der Waals surface area contributed by atoms with Crippen LogP contribution in [0.15, 0.2) is 42.6 Å². The molecule has 26 heavy (non-hydrogen) atoms. The first-order chi connectivity index (χ1) is 12.4. The summed E-state index contributed by atoms with van der Waals surface area (Å²) in [4.78, 5) is 10.9. The van der Waals surface area contributed by atoms with Gasteiger partial charge in [-0.25, -0.2) is 0 Å². The van der Waals surface area contributed by atoms with Crippen LogP contribution in [0, 0.1) is 30.9 Å². The number of aryl methyl sites for hydroxylation is 4. The zero-order chi connectivity index (χ0) is 18.8. The van der Waals surface area contributed by atoms with E-state index in [-0.39, 0.29) is 17.2 Å². The van der Waals surface area contributed by atoms with Crippen LogP contribution in [-0.2, 0) is 13.7 Å². The Morgan fingerprint density at radius 1 is 1.12 bits per heavy atom. The summed E-state index contributed by atoms with van der Waals surface area (Å²) in [7, 11) is 1.90. The molecule has 3 rings (SSSR count). The lowest BCUT2D eigenvalue weighted by Crippen LogP contribution is -2.03. The Hall–Kier alpha value is -3.15. The van der Waals surface area contributed by atoms with Crippen molar-refractivity contribution in [1.29, 1.82) is 0 Å². The van der Waals surface area contributed by atoms with E-state index in [1.54, 1.807) is 10.7 Å². The topological polar surface area (TPSA) is 70.2 Å². The molecule has 0 fully saturated rings. The van der Waals surface area contributed by atoms with Gasteiger partial charge in [0.1, 0.15) is 12.4 Å². The summed E-state index contributed by atoms with van der Waals surface area (Å²) in [6.07, 6.45) is 1.98. The predicted octanol–water partition coefficient (Wildman–Crippen LogP) is 4.50. The van der Waals surface area contributed by atoms with Crippen molar-refractivity contribution in [2.45, 2.75) is 27.4 Å². The van der Waals surface area contributed by atoms with E-state index in [1.165, 1.54) is 6.07 Å². The van der Waals surface area contributed by atoms with Crippen LogP contribution >= 0.6 is 0 Å². The summed E-state index contributed by atoms with van der Waals surface area (Å²) in [5.41, 5.74) is 5.56. The molecular weight excluding hydrogens is 330 g/mol. The average Bonchev–Trinajstić information content (AvgIpc) is 2.92. The molecule has 0 N–H and O–H groups in total. The first kappa shape index (κ1) is 17.7. The lowest BCUT2D eigenvalue weighted by atomic mass is 10.1. The van der Waals surface area contributed by atoms with Crippen molar-refractivity contribution in [3.63, 3.8) is 0 Å². The number of nitrogens with zero attached hydrogens (tertiary/aromatic N) is 3. The molecule has 1 heterocycles. The maximum Gasteiger partial charge on any atom is 0.276 e. The maximum atomic E-state index is 11.2. The van der Waals surface area contributed by atoms with Crippen molar-refractivity contribution in [2.24, 2.45) is 7.05 Å². The van der Waals surface area contributed by atoms with Crippen molar-refractivity contribution in [1.82, 2.24) is 9.78 Å². The molecule has 6 nitrogen and oxygen atoms in total. The van der Waals surface area contributed by atoms with Crippen molar-refractivity contribution >= 4 is 5.69 Å². The molecule has 0 saturated carbocycles. The van der Waals surface area contributed by atoms with E-state index in [0.29, 0.717) is 11.3 Å². The van der Waals surface area contributed by atoms with E-state index in [9.17, 15) is 10.1 Å². The van der Waals surface area contributed by atoms with Crippen molar-refractivity contribution in [3.05, 3.63) is 75.0 Å². The van der Waals surface area contributed by atoms with Gasteiger partial charge in [0.25, 0.3) is 5.69 Å². The fourth-order valence-electron chi connectivity index (χ4n) is 3.05. The van der Waals surface area contributed by atoms with E-state index < -0.39 is 0 Å². The third-order valence-electron chi connectivity index (χ3n) is 4.41. The number of hydrogen-bond donors (Lipinski definition) is 0. The van der Waals surface area contributed by atoms with Gasteiger partial charge in [-0.3, -0.25) is 14.8 Å². The van der Waals surface area contributed by atoms with E-state index in [2.05, 4.69) is 5.10 Å².